The third-order valence-corrected chi connectivity index (χ3v) is 4.21. The molecule has 0 heterocycles. The van der Waals surface area contributed by atoms with Gasteiger partial charge in [-0.2, -0.15) is 0 Å². The van der Waals surface area contributed by atoms with Crippen LogP contribution in [-0.4, -0.2) is 47.6 Å². The number of carbonyl (C=O) groups is 3. The first-order valence-corrected chi connectivity index (χ1v) is 10.1. The predicted octanol–water partition coefficient (Wildman–Crippen LogP) is 1.74. The molecule has 0 saturated carbocycles. The van der Waals surface area contributed by atoms with Gasteiger partial charge in [-0.1, -0.05) is 47.5 Å². The second kappa shape index (κ2) is 13.5. The first-order chi connectivity index (χ1) is 12.6. The fourth-order valence-electron chi connectivity index (χ4n) is 2.88. The molecule has 4 N–H and O–H groups in total. The van der Waals surface area contributed by atoms with E-state index in [1.807, 2.05) is 27.7 Å². The summed E-state index contributed by atoms with van der Waals surface area (Å²) in [6, 6.07) is -1.68. The van der Waals surface area contributed by atoms with Gasteiger partial charge in [-0.3, -0.25) is 14.4 Å². The van der Waals surface area contributed by atoms with Crippen LogP contribution in [0.25, 0.3) is 0 Å². The molecule has 27 heavy (non-hydrogen) atoms. The summed E-state index contributed by atoms with van der Waals surface area (Å²) >= 11 is 0. The van der Waals surface area contributed by atoms with E-state index in [0.717, 1.165) is 12.8 Å². The zero-order valence-electron chi connectivity index (χ0n) is 17.8. The van der Waals surface area contributed by atoms with Crippen LogP contribution in [0.4, 0.5) is 0 Å². The predicted molar refractivity (Wildman–Crippen MR) is 107 cm³/mol. The van der Waals surface area contributed by atoms with Gasteiger partial charge in [-0.15, -0.1) is 0 Å². The van der Waals surface area contributed by atoms with E-state index in [1.54, 1.807) is 0 Å². The lowest BCUT2D eigenvalue weighted by atomic mass is 9.99. The van der Waals surface area contributed by atoms with Gasteiger partial charge >= 0.3 is 0 Å². The van der Waals surface area contributed by atoms with Crippen LogP contribution in [0.3, 0.4) is 0 Å². The first-order valence-electron chi connectivity index (χ1n) is 10.1. The van der Waals surface area contributed by atoms with Crippen molar-refractivity contribution in [2.75, 3.05) is 6.61 Å². The van der Waals surface area contributed by atoms with E-state index in [1.165, 1.54) is 6.92 Å². The van der Waals surface area contributed by atoms with Gasteiger partial charge in [0.25, 0.3) is 0 Å². The number of rotatable bonds is 13. The van der Waals surface area contributed by atoms with E-state index >= 15 is 0 Å². The van der Waals surface area contributed by atoms with Gasteiger partial charge in [0.2, 0.25) is 17.7 Å². The number of unbranched alkanes of at least 4 members (excludes halogenated alkanes) is 1. The van der Waals surface area contributed by atoms with Gasteiger partial charge in [0.1, 0.15) is 12.1 Å². The van der Waals surface area contributed by atoms with Gasteiger partial charge in [0.05, 0.1) is 12.6 Å². The summed E-state index contributed by atoms with van der Waals surface area (Å²) in [5.74, 6) is -0.501. The third kappa shape index (κ3) is 11.6. The molecule has 3 atom stereocenters. The second-order valence-corrected chi connectivity index (χ2v) is 8.10. The highest BCUT2D eigenvalue weighted by atomic mass is 16.3. The van der Waals surface area contributed by atoms with Gasteiger partial charge in [-0.05, 0) is 31.1 Å². The molecule has 0 spiro atoms. The van der Waals surface area contributed by atoms with Crippen LogP contribution in [0.15, 0.2) is 0 Å². The summed E-state index contributed by atoms with van der Waals surface area (Å²) in [5, 5.41) is 17.8. The number of amides is 3. The van der Waals surface area contributed by atoms with Crippen molar-refractivity contribution in [1.82, 2.24) is 16.0 Å². The molecule has 0 aliphatic rings. The van der Waals surface area contributed by atoms with E-state index in [0.29, 0.717) is 19.3 Å². The molecule has 0 aromatic carbocycles. The van der Waals surface area contributed by atoms with Crippen LogP contribution in [0, 0.1) is 11.8 Å². The van der Waals surface area contributed by atoms with Crippen LogP contribution in [0.5, 0.6) is 0 Å². The highest BCUT2D eigenvalue weighted by Crippen LogP contribution is 2.10. The summed E-state index contributed by atoms with van der Waals surface area (Å²) in [6.45, 7) is 11.2. The summed E-state index contributed by atoms with van der Waals surface area (Å²) in [6.07, 6.45) is 3.57. The fourth-order valence-corrected chi connectivity index (χ4v) is 2.88. The lowest BCUT2D eigenvalue weighted by molar-refractivity contribution is -0.132. The fraction of sp³-hybridized carbons (Fsp3) is 0.850. The van der Waals surface area contributed by atoms with E-state index < -0.39 is 12.1 Å². The quantitative estimate of drug-likeness (QED) is 0.387. The zero-order chi connectivity index (χ0) is 21.0. The van der Waals surface area contributed by atoms with Crippen LogP contribution in [0.1, 0.15) is 73.6 Å². The molecule has 0 aromatic rings. The van der Waals surface area contributed by atoms with Crippen LogP contribution >= 0.6 is 0 Å². The Labute approximate surface area is 164 Å². The number of carbonyl (C=O) groups excluding carboxylic acids is 3. The summed E-state index contributed by atoms with van der Waals surface area (Å²) in [5.41, 5.74) is 0. The zero-order valence-corrected chi connectivity index (χ0v) is 17.8. The molecule has 0 aromatic heterocycles. The Hall–Kier alpha value is -1.63. The first kappa shape index (κ1) is 25.4. The Bertz CT molecular complexity index is 466. The Balaban J connectivity index is 5.11. The van der Waals surface area contributed by atoms with Crippen LogP contribution in [0.2, 0.25) is 0 Å². The SMILES string of the molecule is CCCC[C@@H](CO)NC(=O)[C@H](CC(C)C)NC(=O)[C@H](CC(C)C)NC(C)=O. The van der Waals surface area contributed by atoms with Gasteiger partial charge in [0, 0.05) is 6.92 Å². The van der Waals surface area contributed by atoms with Crippen molar-refractivity contribution >= 4 is 17.7 Å². The minimum atomic E-state index is -0.698. The molecule has 158 valence electrons. The largest absolute Gasteiger partial charge is 0.394 e. The standard InChI is InChI=1S/C20H39N3O4/c1-7-8-9-16(12-24)22-19(26)18(11-14(4)5)23-20(27)17(10-13(2)3)21-15(6)25/h13-14,16-18,24H,7-12H2,1-6H3,(H,21,25)(H,22,26)(H,23,27)/t16-,17-,18-/m0/s1. The van der Waals surface area contributed by atoms with Gasteiger partial charge in [0.15, 0.2) is 0 Å². The van der Waals surface area contributed by atoms with Crippen molar-refractivity contribution in [1.29, 1.82) is 0 Å². The summed E-state index contributed by atoms with van der Waals surface area (Å²) in [4.78, 5) is 36.8. The molecule has 7 nitrogen and oxygen atoms in total. The average Bonchev–Trinajstić information content (AvgIpc) is 2.55. The van der Waals surface area contributed by atoms with Gasteiger partial charge in [-0.25, -0.2) is 0 Å². The maximum absolute atomic E-state index is 12.7. The molecule has 0 aliphatic heterocycles. The number of nitrogens with one attached hydrogen (secondary N) is 3. The minimum Gasteiger partial charge on any atom is -0.394 e. The Kier molecular flexibility index (Phi) is 12.7. The minimum absolute atomic E-state index is 0.129. The topological polar surface area (TPSA) is 108 Å². The van der Waals surface area contributed by atoms with Crippen molar-refractivity contribution < 1.29 is 19.5 Å². The maximum atomic E-state index is 12.7. The van der Waals surface area contributed by atoms with Crippen molar-refractivity contribution in [2.24, 2.45) is 11.8 Å². The summed E-state index contributed by atoms with van der Waals surface area (Å²) < 4.78 is 0. The normalized spacial score (nSPS) is 14.6. The lowest BCUT2D eigenvalue weighted by Gasteiger charge is -2.26. The lowest BCUT2D eigenvalue weighted by Crippen LogP contribution is -2.55. The molecular weight excluding hydrogens is 346 g/mol. The van der Waals surface area contributed by atoms with E-state index in [9.17, 15) is 19.5 Å². The third-order valence-electron chi connectivity index (χ3n) is 4.21. The molecule has 3 amide bonds. The Morgan fingerprint density at radius 1 is 0.852 bits per heavy atom. The van der Waals surface area contributed by atoms with E-state index in [2.05, 4.69) is 22.9 Å². The Morgan fingerprint density at radius 3 is 1.74 bits per heavy atom. The molecule has 0 radical (unpaired) electrons. The molecule has 0 bridgehead atoms. The van der Waals surface area contributed by atoms with Crippen LogP contribution in [-0.2, 0) is 14.4 Å². The molecule has 0 saturated heterocycles. The molecule has 0 rings (SSSR count). The second-order valence-electron chi connectivity index (χ2n) is 8.10. The monoisotopic (exact) mass is 385 g/mol. The number of aliphatic hydroxyl groups excluding tert-OH is 1. The number of aliphatic hydroxyl groups is 1. The van der Waals surface area contributed by atoms with Gasteiger partial charge < -0.3 is 21.1 Å². The van der Waals surface area contributed by atoms with Crippen molar-refractivity contribution in [3.63, 3.8) is 0 Å². The Morgan fingerprint density at radius 2 is 1.33 bits per heavy atom. The highest BCUT2D eigenvalue weighted by molar-refractivity contribution is 5.91. The highest BCUT2D eigenvalue weighted by Gasteiger charge is 2.28. The molecular formula is C20H39N3O4. The molecule has 7 heteroatoms. The smallest absolute Gasteiger partial charge is 0.243 e. The van der Waals surface area contributed by atoms with E-state index in [4.69, 9.17) is 0 Å². The van der Waals surface area contributed by atoms with Crippen molar-refractivity contribution in [2.45, 2.75) is 91.8 Å². The average molecular weight is 386 g/mol. The van der Waals surface area contributed by atoms with Crippen molar-refractivity contribution in [3.05, 3.63) is 0 Å². The molecule has 0 unspecified atom stereocenters. The molecule has 0 fully saturated rings. The number of hydrogen-bond acceptors (Lipinski definition) is 4. The maximum Gasteiger partial charge on any atom is 0.243 e. The molecule has 0 aliphatic carbocycles. The number of hydrogen-bond donors (Lipinski definition) is 4. The van der Waals surface area contributed by atoms with E-state index in [-0.39, 0.29) is 42.2 Å². The van der Waals surface area contributed by atoms with Crippen molar-refractivity contribution in [3.8, 4) is 0 Å². The van der Waals surface area contributed by atoms with Crippen LogP contribution < -0.4 is 16.0 Å². The summed E-state index contributed by atoms with van der Waals surface area (Å²) in [7, 11) is 0.